The number of benzene rings is 2. The molecule has 0 saturated carbocycles. The highest BCUT2D eigenvalue weighted by Gasteiger charge is 2.35. The number of carbonyl (C=O) groups is 2. The van der Waals surface area contributed by atoms with Crippen molar-refractivity contribution in [1.82, 2.24) is 20.4 Å². The van der Waals surface area contributed by atoms with E-state index in [1.807, 2.05) is 38.1 Å². The maximum absolute atomic E-state index is 13.3. The van der Waals surface area contributed by atoms with Crippen LogP contribution in [0.5, 0.6) is 0 Å². The molecule has 0 bridgehead atoms. The summed E-state index contributed by atoms with van der Waals surface area (Å²) in [6.07, 6.45) is 1.97. The fraction of sp³-hybridized carbons (Fsp3) is 0.393. The van der Waals surface area contributed by atoms with Gasteiger partial charge in [0.2, 0.25) is 0 Å². The van der Waals surface area contributed by atoms with Crippen LogP contribution in [0.4, 0.5) is 0 Å². The van der Waals surface area contributed by atoms with Crippen molar-refractivity contribution in [2.75, 3.05) is 6.61 Å². The first-order valence-corrected chi connectivity index (χ1v) is 12.2. The van der Waals surface area contributed by atoms with Crippen LogP contribution in [0.1, 0.15) is 76.8 Å². The molecule has 2 aliphatic rings. The van der Waals surface area contributed by atoms with Gasteiger partial charge >= 0.3 is 0 Å². The van der Waals surface area contributed by atoms with Crippen molar-refractivity contribution >= 4 is 11.8 Å². The molecule has 0 saturated heterocycles. The molecule has 7 nitrogen and oxygen atoms in total. The van der Waals surface area contributed by atoms with Crippen LogP contribution >= 0.6 is 0 Å². The van der Waals surface area contributed by atoms with Gasteiger partial charge in [-0.15, -0.1) is 0 Å². The summed E-state index contributed by atoms with van der Waals surface area (Å²) in [5, 5.41) is 20.9. The Bertz CT molecular complexity index is 1290. The second-order valence-electron chi connectivity index (χ2n) is 10.8. The Labute approximate surface area is 205 Å². The van der Waals surface area contributed by atoms with E-state index in [0.717, 1.165) is 35.2 Å². The highest BCUT2D eigenvalue weighted by molar-refractivity contribution is 5.99. The lowest BCUT2D eigenvalue weighted by Crippen LogP contribution is -2.32. The van der Waals surface area contributed by atoms with Crippen LogP contribution < -0.4 is 5.32 Å². The number of fused-ring (bicyclic) bond motifs is 2. The van der Waals surface area contributed by atoms with Crippen LogP contribution in [0.25, 0.3) is 11.3 Å². The van der Waals surface area contributed by atoms with Crippen LogP contribution in [0.15, 0.2) is 42.5 Å². The van der Waals surface area contributed by atoms with E-state index in [0.29, 0.717) is 17.7 Å². The third-order valence-corrected chi connectivity index (χ3v) is 7.00. The zero-order valence-corrected chi connectivity index (χ0v) is 20.7. The van der Waals surface area contributed by atoms with Gasteiger partial charge in [0.25, 0.3) is 11.8 Å². The summed E-state index contributed by atoms with van der Waals surface area (Å²) < 4.78 is 0. The second kappa shape index (κ2) is 8.64. The highest BCUT2D eigenvalue weighted by atomic mass is 16.3. The van der Waals surface area contributed by atoms with Crippen molar-refractivity contribution < 1.29 is 14.7 Å². The number of rotatable bonds is 6. The molecule has 1 aromatic heterocycles. The first-order valence-electron chi connectivity index (χ1n) is 12.2. The van der Waals surface area contributed by atoms with E-state index in [-0.39, 0.29) is 29.9 Å². The summed E-state index contributed by atoms with van der Waals surface area (Å²) in [5.41, 5.74) is 7.61. The summed E-state index contributed by atoms with van der Waals surface area (Å²) in [6.45, 7) is 8.57. The van der Waals surface area contributed by atoms with Crippen molar-refractivity contribution in [3.05, 3.63) is 76.0 Å². The van der Waals surface area contributed by atoms with Crippen LogP contribution in [-0.4, -0.2) is 44.7 Å². The third-order valence-electron chi connectivity index (χ3n) is 7.00. The predicted octanol–water partition coefficient (Wildman–Crippen LogP) is 4.03. The predicted molar refractivity (Wildman–Crippen MR) is 134 cm³/mol. The molecule has 182 valence electrons. The number of H-pyrrole nitrogens is 1. The molecule has 0 radical (unpaired) electrons. The minimum absolute atomic E-state index is 0.0481. The molecule has 0 unspecified atom stereocenters. The number of hydrogen-bond acceptors (Lipinski definition) is 4. The van der Waals surface area contributed by atoms with E-state index >= 15 is 0 Å². The van der Waals surface area contributed by atoms with Crippen LogP contribution in [0.3, 0.4) is 0 Å². The van der Waals surface area contributed by atoms with Gasteiger partial charge in [0.05, 0.1) is 18.3 Å². The fourth-order valence-electron chi connectivity index (χ4n) is 5.32. The zero-order valence-electron chi connectivity index (χ0n) is 20.7. The lowest BCUT2D eigenvalue weighted by molar-refractivity contribution is 0.0615. The van der Waals surface area contributed by atoms with Crippen LogP contribution in [-0.2, 0) is 19.4 Å². The Morgan fingerprint density at radius 3 is 2.60 bits per heavy atom. The summed E-state index contributed by atoms with van der Waals surface area (Å²) in [6, 6.07) is 12.6. The highest BCUT2D eigenvalue weighted by Crippen LogP contribution is 2.41. The Balaban J connectivity index is 1.38. The van der Waals surface area contributed by atoms with Gasteiger partial charge in [0.1, 0.15) is 0 Å². The molecule has 3 aromatic rings. The number of aromatic nitrogens is 2. The summed E-state index contributed by atoms with van der Waals surface area (Å²) >= 11 is 0. The second-order valence-corrected chi connectivity index (χ2v) is 10.8. The van der Waals surface area contributed by atoms with Gasteiger partial charge in [-0.1, -0.05) is 32.0 Å². The minimum atomic E-state index is -0.490. The topological polar surface area (TPSA) is 98.3 Å². The van der Waals surface area contributed by atoms with Gasteiger partial charge in [-0.25, -0.2) is 0 Å². The standard InChI is InChI=1S/C28H32N4O3/c1-16(2)29-26(34)18-7-5-17(6-8-18)24(15-33)32-14-20-11-19(9-10-21(20)27(32)35)25-22-12-28(3,4)13-23(22)30-31-25/h5-11,16,24,33H,12-15H2,1-4H3,(H,29,34)(H,30,31)/t24-/m1/s1. The summed E-state index contributed by atoms with van der Waals surface area (Å²) in [7, 11) is 0. The number of nitrogens with zero attached hydrogens (tertiary/aromatic N) is 2. The molecule has 1 aliphatic heterocycles. The molecular formula is C28H32N4O3. The van der Waals surface area contributed by atoms with Crippen molar-refractivity contribution in [3.8, 4) is 11.3 Å². The number of hydrogen-bond donors (Lipinski definition) is 3. The summed E-state index contributed by atoms with van der Waals surface area (Å²) in [5.74, 6) is -0.238. The zero-order chi connectivity index (χ0) is 24.9. The van der Waals surface area contributed by atoms with Gasteiger partial charge in [0, 0.05) is 40.5 Å². The van der Waals surface area contributed by atoms with Crippen molar-refractivity contribution in [2.45, 2.75) is 59.2 Å². The maximum Gasteiger partial charge on any atom is 0.255 e. The monoisotopic (exact) mass is 472 g/mol. The number of aliphatic hydroxyl groups is 1. The largest absolute Gasteiger partial charge is 0.394 e. The third kappa shape index (κ3) is 4.25. The Morgan fingerprint density at radius 1 is 1.17 bits per heavy atom. The number of aromatic amines is 1. The molecule has 5 rings (SSSR count). The molecule has 2 aromatic carbocycles. The average molecular weight is 473 g/mol. The Morgan fingerprint density at radius 2 is 1.91 bits per heavy atom. The maximum atomic E-state index is 13.3. The van der Waals surface area contributed by atoms with E-state index in [1.165, 1.54) is 11.3 Å². The Kier molecular flexibility index (Phi) is 5.75. The van der Waals surface area contributed by atoms with Gasteiger partial charge in [0.15, 0.2) is 0 Å². The number of amides is 2. The first-order chi connectivity index (χ1) is 16.7. The molecule has 0 fully saturated rings. The minimum Gasteiger partial charge on any atom is -0.394 e. The number of nitrogens with one attached hydrogen (secondary N) is 2. The molecule has 1 aliphatic carbocycles. The van der Waals surface area contributed by atoms with E-state index in [4.69, 9.17) is 0 Å². The normalized spacial score (nSPS) is 17.0. The van der Waals surface area contributed by atoms with Gasteiger partial charge < -0.3 is 15.3 Å². The summed E-state index contributed by atoms with van der Waals surface area (Å²) in [4.78, 5) is 27.2. The van der Waals surface area contributed by atoms with Gasteiger partial charge in [-0.3, -0.25) is 14.7 Å². The molecule has 2 heterocycles. The SMILES string of the molecule is CC(C)NC(=O)c1ccc([C@@H](CO)N2Cc3cc(-c4n[nH]c5c4CC(C)(C)C5)ccc3C2=O)cc1. The lowest BCUT2D eigenvalue weighted by Gasteiger charge is -2.26. The molecule has 35 heavy (non-hydrogen) atoms. The van der Waals surface area contributed by atoms with Crippen LogP contribution in [0, 0.1) is 5.41 Å². The van der Waals surface area contributed by atoms with E-state index in [9.17, 15) is 14.7 Å². The molecule has 3 N–H and O–H groups in total. The van der Waals surface area contributed by atoms with Crippen molar-refractivity contribution in [3.63, 3.8) is 0 Å². The van der Waals surface area contributed by atoms with Crippen LogP contribution in [0.2, 0.25) is 0 Å². The molecular weight excluding hydrogens is 440 g/mol. The first kappa shape index (κ1) is 23.3. The molecule has 2 amide bonds. The number of aliphatic hydroxyl groups excluding tert-OH is 1. The van der Waals surface area contributed by atoms with Gasteiger partial charge in [-0.2, -0.15) is 5.10 Å². The van der Waals surface area contributed by atoms with E-state index in [2.05, 4.69) is 35.4 Å². The lowest BCUT2D eigenvalue weighted by atomic mass is 9.90. The quantitative estimate of drug-likeness (QED) is 0.505. The number of carbonyl (C=O) groups excluding carboxylic acids is 2. The molecule has 7 heteroatoms. The molecule has 0 spiro atoms. The van der Waals surface area contributed by atoms with Crippen molar-refractivity contribution in [1.29, 1.82) is 0 Å². The fourth-order valence-corrected chi connectivity index (χ4v) is 5.32. The van der Waals surface area contributed by atoms with E-state index < -0.39 is 6.04 Å². The van der Waals surface area contributed by atoms with E-state index in [1.54, 1.807) is 17.0 Å². The van der Waals surface area contributed by atoms with Gasteiger partial charge in [-0.05, 0) is 67.5 Å². The average Bonchev–Trinajstić information content (AvgIpc) is 3.43. The smallest absolute Gasteiger partial charge is 0.255 e. The molecule has 1 atom stereocenters. The van der Waals surface area contributed by atoms with Crippen molar-refractivity contribution in [2.24, 2.45) is 5.41 Å². The Hall–Kier alpha value is -3.45.